The number of carbonyl (C=O) groups is 1. The number of phenolic OH excluding ortho intramolecular Hbond substituents is 1. The van der Waals surface area contributed by atoms with Gasteiger partial charge in [-0.05, 0) is 38.3 Å². The molecule has 0 saturated heterocycles. The first kappa shape index (κ1) is 12.0. The van der Waals surface area contributed by atoms with Crippen LogP contribution in [0.2, 0.25) is 0 Å². The number of aromatic hydroxyl groups is 1. The van der Waals surface area contributed by atoms with Crippen LogP contribution in [0.25, 0.3) is 0 Å². The Kier molecular flexibility index (Phi) is 2.86. The van der Waals surface area contributed by atoms with Gasteiger partial charge in [-0.15, -0.1) is 0 Å². The molecule has 0 unspecified atom stereocenters. The standard InChI is InChI=1S/C14H19NO2/c1-4-5-6-9-7-8-10(16)11-12(9)15-13(17)14(11,2)3/h7-8,16H,4-6H2,1-3H3,(H,15,17). The molecule has 1 aromatic rings. The van der Waals surface area contributed by atoms with Gasteiger partial charge in [-0.2, -0.15) is 0 Å². The van der Waals surface area contributed by atoms with E-state index in [-0.39, 0.29) is 11.7 Å². The van der Waals surface area contributed by atoms with Crippen LogP contribution in [0.4, 0.5) is 5.69 Å². The molecule has 0 spiro atoms. The second kappa shape index (κ2) is 4.06. The van der Waals surface area contributed by atoms with Crippen LogP contribution >= 0.6 is 0 Å². The zero-order valence-corrected chi connectivity index (χ0v) is 10.6. The van der Waals surface area contributed by atoms with Crippen LogP contribution in [0.3, 0.4) is 0 Å². The molecule has 2 N–H and O–H groups in total. The molecule has 92 valence electrons. The molecule has 1 aliphatic rings. The highest BCUT2D eigenvalue weighted by Gasteiger charge is 2.41. The second-order valence-electron chi connectivity index (χ2n) is 5.18. The maximum atomic E-state index is 11.9. The average Bonchev–Trinajstić information content (AvgIpc) is 2.50. The summed E-state index contributed by atoms with van der Waals surface area (Å²) in [5, 5.41) is 12.8. The van der Waals surface area contributed by atoms with Crippen LogP contribution in [0, 0.1) is 0 Å². The quantitative estimate of drug-likeness (QED) is 0.843. The molecule has 0 aliphatic carbocycles. The topological polar surface area (TPSA) is 49.3 Å². The van der Waals surface area contributed by atoms with Crippen LogP contribution in [0.5, 0.6) is 5.75 Å². The molecule has 2 rings (SSSR count). The molecule has 17 heavy (non-hydrogen) atoms. The van der Waals surface area contributed by atoms with E-state index < -0.39 is 5.41 Å². The van der Waals surface area contributed by atoms with E-state index in [4.69, 9.17) is 0 Å². The number of rotatable bonds is 3. The molecule has 0 fully saturated rings. The van der Waals surface area contributed by atoms with Crippen molar-refractivity contribution in [3.8, 4) is 5.75 Å². The fourth-order valence-electron chi connectivity index (χ4n) is 2.37. The van der Waals surface area contributed by atoms with Crippen molar-refractivity contribution in [1.82, 2.24) is 0 Å². The number of hydrogen-bond donors (Lipinski definition) is 2. The van der Waals surface area contributed by atoms with E-state index >= 15 is 0 Å². The van der Waals surface area contributed by atoms with E-state index in [0.717, 1.165) is 36.1 Å². The van der Waals surface area contributed by atoms with Crippen molar-refractivity contribution in [3.05, 3.63) is 23.3 Å². The normalized spacial score (nSPS) is 16.8. The number of hydrogen-bond acceptors (Lipinski definition) is 2. The minimum atomic E-state index is -0.637. The Bertz CT molecular complexity index is 464. The summed E-state index contributed by atoms with van der Waals surface area (Å²) in [7, 11) is 0. The highest BCUT2D eigenvalue weighted by atomic mass is 16.3. The van der Waals surface area contributed by atoms with Gasteiger partial charge in [0.1, 0.15) is 5.75 Å². The first-order chi connectivity index (χ1) is 7.98. The largest absolute Gasteiger partial charge is 0.508 e. The molecule has 0 saturated carbocycles. The molecule has 1 heterocycles. The van der Waals surface area contributed by atoms with Crippen LogP contribution < -0.4 is 5.32 Å². The third kappa shape index (κ3) is 1.79. The number of carbonyl (C=O) groups excluding carboxylic acids is 1. The van der Waals surface area contributed by atoms with Crippen molar-refractivity contribution >= 4 is 11.6 Å². The number of nitrogens with one attached hydrogen (secondary N) is 1. The Hall–Kier alpha value is -1.51. The van der Waals surface area contributed by atoms with E-state index in [2.05, 4.69) is 12.2 Å². The Morgan fingerprint density at radius 1 is 1.35 bits per heavy atom. The molecule has 1 aromatic carbocycles. The maximum Gasteiger partial charge on any atom is 0.234 e. The minimum Gasteiger partial charge on any atom is -0.508 e. The zero-order valence-electron chi connectivity index (χ0n) is 10.6. The van der Waals surface area contributed by atoms with E-state index in [1.54, 1.807) is 6.07 Å². The van der Waals surface area contributed by atoms with Gasteiger partial charge in [0.15, 0.2) is 0 Å². The number of anilines is 1. The first-order valence-corrected chi connectivity index (χ1v) is 6.15. The second-order valence-corrected chi connectivity index (χ2v) is 5.18. The van der Waals surface area contributed by atoms with Gasteiger partial charge in [0.05, 0.1) is 11.1 Å². The fourth-order valence-corrected chi connectivity index (χ4v) is 2.37. The van der Waals surface area contributed by atoms with E-state index in [1.165, 1.54) is 0 Å². The van der Waals surface area contributed by atoms with Crippen molar-refractivity contribution < 1.29 is 9.90 Å². The number of aryl methyl sites for hydroxylation is 1. The monoisotopic (exact) mass is 233 g/mol. The van der Waals surface area contributed by atoms with Gasteiger partial charge in [-0.3, -0.25) is 4.79 Å². The predicted molar refractivity (Wildman–Crippen MR) is 68.4 cm³/mol. The average molecular weight is 233 g/mol. The third-order valence-electron chi connectivity index (χ3n) is 3.50. The summed E-state index contributed by atoms with van der Waals surface area (Å²) in [5.41, 5.74) is 2.06. The minimum absolute atomic E-state index is 0.0354. The number of fused-ring (bicyclic) bond motifs is 1. The lowest BCUT2D eigenvalue weighted by molar-refractivity contribution is -0.119. The third-order valence-corrected chi connectivity index (χ3v) is 3.50. The number of benzene rings is 1. The van der Waals surface area contributed by atoms with Gasteiger partial charge in [-0.25, -0.2) is 0 Å². The number of amides is 1. The van der Waals surface area contributed by atoms with Gasteiger partial charge in [0.2, 0.25) is 5.91 Å². The van der Waals surface area contributed by atoms with Gasteiger partial charge in [0, 0.05) is 5.56 Å². The van der Waals surface area contributed by atoms with Gasteiger partial charge < -0.3 is 10.4 Å². The molecule has 0 bridgehead atoms. The SMILES string of the molecule is CCCCc1ccc(O)c2c1NC(=O)C2(C)C. The summed E-state index contributed by atoms with van der Waals surface area (Å²) >= 11 is 0. The van der Waals surface area contributed by atoms with Crippen LogP contribution in [-0.4, -0.2) is 11.0 Å². The smallest absolute Gasteiger partial charge is 0.234 e. The summed E-state index contributed by atoms with van der Waals surface area (Å²) in [6.07, 6.45) is 3.15. The van der Waals surface area contributed by atoms with Gasteiger partial charge >= 0.3 is 0 Å². The van der Waals surface area contributed by atoms with Crippen molar-refractivity contribution in [2.75, 3.05) is 5.32 Å². The summed E-state index contributed by atoms with van der Waals surface area (Å²) in [4.78, 5) is 11.9. The van der Waals surface area contributed by atoms with Gasteiger partial charge in [0.25, 0.3) is 0 Å². The highest BCUT2D eigenvalue weighted by molar-refractivity contribution is 6.07. The van der Waals surface area contributed by atoms with Crippen molar-refractivity contribution in [3.63, 3.8) is 0 Å². The molecule has 1 aliphatic heterocycles. The Labute approximate surface area is 102 Å². The highest BCUT2D eigenvalue weighted by Crippen LogP contribution is 2.44. The van der Waals surface area contributed by atoms with Crippen LogP contribution in [0.1, 0.15) is 44.7 Å². The van der Waals surface area contributed by atoms with E-state index in [1.807, 2.05) is 19.9 Å². The first-order valence-electron chi connectivity index (χ1n) is 6.15. The molecule has 3 nitrogen and oxygen atoms in total. The van der Waals surface area contributed by atoms with E-state index in [9.17, 15) is 9.90 Å². The lowest BCUT2D eigenvalue weighted by Crippen LogP contribution is -2.26. The Morgan fingerprint density at radius 2 is 2.06 bits per heavy atom. The zero-order chi connectivity index (χ0) is 12.6. The molecule has 1 amide bonds. The maximum absolute atomic E-state index is 11.9. The van der Waals surface area contributed by atoms with Crippen molar-refractivity contribution in [2.45, 2.75) is 45.4 Å². The molecule has 0 aromatic heterocycles. The van der Waals surface area contributed by atoms with Crippen molar-refractivity contribution in [2.24, 2.45) is 0 Å². The van der Waals surface area contributed by atoms with Crippen molar-refractivity contribution in [1.29, 1.82) is 0 Å². The van der Waals surface area contributed by atoms with Crippen LogP contribution in [-0.2, 0) is 16.6 Å². The molecule has 3 heteroatoms. The molecule has 0 radical (unpaired) electrons. The van der Waals surface area contributed by atoms with E-state index in [0.29, 0.717) is 0 Å². The number of unbranched alkanes of at least 4 members (excludes halogenated alkanes) is 1. The lowest BCUT2D eigenvalue weighted by atomic mass is 9.84. The Balaban J connectivity index is 2.50. The number of phenols is 1. The van der Waals surface area contributed by atoms with Crippen LogP contribution in [0.15, 0.2) is 12.1 Å². The Morgan fingerprint density at radius 3 is 2.71 bits per heavy atom. The summed E-state index contributed by atoms with van der Waals surface area (Å²) < 4.78 is 0. The molecular weight excluding hydrogens is 214 g/mol. The molecule has 0 atom stereocenters. The molecular formula is C14H19NO2. The summed E-state index contributed by atoms with van der Waals surface area (Å²) in [5.74, 6) is 0.176. The fraction of sp³-hybridized carbons (Fsp3) is 0.500. The lowest BCUT2D eigenvalue weighted by Gasteiger charge is -2.17. The summed E-state index contributed by atoms with van der Waals surface area (Å²) in [6.45, 7) is 5.83. The summed E-state index contributed by atoms with van der Waals surface area (Å²) in [6, 6.07) is 3.61. The van der Waals surface area contributed by atoms with Gasteiger partial charge in [-0.1, -0.05) is 19.4 Å². The predicted octanol–water partition coefficient (Wildman–Crippen LogP) is 2.96.